The smallest absolute Gasteiger partial charge is 0.231 e. The fraction of sp³-hybridized carbons (Fsp3) is 0.833. The Labute approximate surface area is 83.7 Å². The van der Waals surface area contributed by atoms with Gasteiger partial charge in [-0.15, -0.1) is 12.4 Å². The zero-order valence-corrected chi connectivity index (χ0v) is 8.22. The lowest BCUT2D eigenvalue weighted by atomic mass is 10.6. The lowest BCUT2D eigenvalue weighted by Crippen LogP contribution is -2.21. The molecule has 0 radical (unpaired) electrons. The minimum atomic E-state index is -0.468. The monoisotopic (exact) mass is 215 g/mol. The predicted octanol–water partition coefficient (Wildman–Crippen LogP) is -2.59. The molecule has 7 N–H and O–H groups in total. The van der Waals surface area contributed by atoms with Gasteiger partial charge in [0.05, 0.1) is 19.8 Å². The number of rotatable bonds is 5. The van der Waals surface area contributed by atoms with Crippen LogP contribution in [-0.4, -0.2) is 49.0 Å². The molecular weight excluding hydrogens is 198 g/mol. The Morgan fingerprint density at radius 3 is 1.69 bits per heavy atom. The quantitative estimate of drug-likeness (QED) is 0.323. The fourth-order valence-electron chi connectivity index (χ4n) is 0.283. The van der Waals surface area contributed by atoms with Crippen molar-refractivity contribution in [3.8, 4) is 0 Å². The lowest BCUT2D eigenvalue weighted by molar-refractivity contribution is -0.116. The van der Waals surface area contributed by atoms with Crippen LogP contribution in [0.4, 0.5) is 0 Å². The van der Waals surface area contributed by atoms with E-state index < -0.39 is 5.91 Å². The highest BCUT2D eigenvalue weighted by Crippen LogP contribution is 1.54. The van der Waals surface area contributed by atoms with Crippen molar-refractivity contribution < 1.29 is 15.0 Å². The van der Waals surface area contributed by atoms with Gasteiger partial charge < -0.3 is 27.0 Å². The standard InChI is InChI=1S/C4H11NO2.C2H6N2O.ClH/c6-3-1-5-2-4-7;3-1-2(4)5;/h5-7H,1-4H2;1,3H2,(H2,4,5);1H. The number of carbonyl (C=O) groups excluding carboxylic acids is 1. The van der Waals surface area contributed by atoms with Crippen molar-refractivity contribution in [2.24, 2.45) is 11.5 Å². The second-order valence-corrected chi connectivity index (χ2v) is 1.87. The summed E-state index contributed by atoms with van der Waals surface area (Å²) >= 11 is 0. The number of hydrogen-bond donors (Lipinski definition) is 5. The molecule has 7 heteroatoms. The molecule has 0 aromatic rings. The maximum Gasteiger partial charge on any atom is 0.231 e. The molecule has 0 aromatic heterocycles. The molecule has 0 spiro atoms. The molecule has 0 saturated heterocycles. The topological polar surface area (TPSA) is 122 Å². The van der Waals surface area contributed by atoms with Crippen LogP contribution >= 0.6 is 12.4 Å². The first kappa shape index (κ1) is 18.4. The van der Waals surface area contributed by atoms with Crippen LogP contribution in [0.1, 0.15) is 0 Å². The molecule has 0 saturated carbocycles. The van der Waals surface area contributed by atoms with E-state index >= 15 is 0 Å². The minimum absolute atomic E-state index is 0. The summed E-state index contributed by atoms with van der Waals surface area (Å²) in [6, 6.07) is 0. The van der Waals surface area contributed by atoms with Crippen molar-refractivity contribution in [1.82, 2.24) is 5.32 Å². The number of aliphatic hydroxyl groups is 2. The number of hydrogen-bond acceptors (Lipinski definition) is 5. The van der Waals surface area contributed by atoms with Crippen molar-refractivity contribution in [3.63, 3.8) is 0 Å². The number of carbonyl (C=O) groups is 1. The van der Waals surface area contributed by atoms with Crippen LogP contribution < -0.4 is 16.8 Å². The van der Waals surface area contributed by atoms with Crippen molar-refractivity contribution in [2.75, 3.05) is 32.8 Å². The van der Waals surface area contributed by atoms with Gasteiger partial charge in [-0.05, 0) is 0 Å². The molecule has 0 fully saturated rings. The second-order valence-electron chi connectivity index (χ2n) is 1.87. The number of halogens is 1. The normalized spacial score (nSPS) is 7.92. The summed E-state index contributed by atoms with van der Waals surface area (Å²) in [6.07, 6.45) is 0. The average Bonchev–Trinajstić information content (AvgIpc) is 2.07. The van der Waals surface area contributed by atoms with Gasteiger partial charge in [0, 0.05) is 13.1 Å². The Balaban J connectivity index is -0.000000150. The van der Waals surface area contributed by atoms with Crippen molar-refractivity contribution >= 4 is 18.3 Å². The van der Waals surface area contributed by atoms with Crippen LogP contribution in [0, 0.1) is 0 Å². The number of amides is 1. The first-order valence-electron chi connectivity index (χ1n) is 3.59. The number of primary amides is 1. The van der Waals surface area contributed by atoms with Crippen LogP contribution in [0.2, 0.25) is 0 Å². The Morgan fingerprint density at radius 1 is 1.23 bits per heavy atom. The fourth-order valence-corrected chi connectivity index (χ4v) is 0.283. The van der Waals surface area contributed by atoms with E-state index in [-0.39, 0.29) is 32.2 Å². The first-order valence-corrected chi connectivity index (χ1v) is 3.59. The van der Waals surface area contributed by atoms with E-state index in [1.165, 1.54) is 0 Å². The molecule has 1 amide bonds. The summed E-state index contributed by atoms with van der Waals surface area (Å²) in [5.74, 6) is -0.468. The van der Waals surface area contributed by atoms with Crippen LogP contribution in [-0.2, 0) is 4.79 Å². The van der Waals surface area contributed by atoms with Crippen molar-refractivity contribution in [2.45, 2.75) is 0 Å². The van der Waals surface area contributed by atoms with E-state index in [1.54, 1.807) is 0 Å². The second kappa shape index (κ2) is 17.6. The third kappa shape index (κ3) is 34.1. The van der Waals surface area contributed by atoms with Crippen molar-refractivity contribution in [1.29, 1.82) is 0 Å². The molecule has 6 nitrogen and oxygen atoms in total. The Bertz CT molecular complexity index is 101. The highest BCUT2D eigenvalue weighted by atomic mass is 35.5. The molecule has 13 heavy (non-hydrogen) atoms. The van der Waals surface area contributed by atoms with Crippen LogP contribution in [0.15, 0.2) is 0 Å². The van der Waals surface area contributed by atoms with Gasteiger partial charge in [-0.2, -0.15) is 0 Å². The van der Waals surface area contributed by atoms with E-state index in [4.69, 9.17) is 15.9 Å². The molecule has 0 unspecified atom stereocenters. The molecule has 0 aliphatic carbocycles. The summed E-state index contributed by atoms with van der Waals surface area (Å²) in [6.45, 7) is 1.36. The maximum absolute atomic E-state index is 9.47. The predicted molar refractivity (Wildman–Crippen MR) is 52.5 cm³/mol. The van der Waals surface area contributed by atoms with E-state index in [0.717, 1.165) is 0 Å². The number of aliphatic hydroxyl groups excluding tert-OH is 2. The largest absolute Gasteiger partial charge is 0.395 e. The Hall–Kier alpha value is -0.400. The van der Waals surface area contributed by atoms with Gasteiger partial charge in [0.15, 0.2) is 0 Å². The molecule has 0 aliphatic heterocycles. The zero-order valence-electron chi connectivity index (χ0n) is 7.40. The molecule has 0 atom stereocenters. The van der Waals surface area contributed by atoms with E-state index in [9.17, 15) is 4.79 Å². The van der Waals surface area contributed by atoms with Crippen molar-refractivity contribution in [3.05, 3.63) is 0 Å². The van der Waals surface area contributed by atoms with Crippen LogP contribution in [0.25, 0.3) is 0 Å². The van der Waals surface area contributed by atoms with E-state index in [0.29, 0.717) is 13.1 Å². The summed E-state index contributed by atoms with van der Waals surface area (Å²) in [5, 5.41) is 19.1. The van der Waals surface area contributed by atoms with Crippen LogP contribution in [0.3, 0.4) is 0 Å². The van der Waals surface area contributed by atoms with Gasteiger partial charge in [-0.25, -0.2) is 0 Å². The highest BCUT2D eigenvalue weighted by Gasteiger charge is 1.78. The van der Waals surface area contributed by atoms with Gasteiger partial charge in [0.1, 0.15) is 0 Å². The lowest BCUT2D eigenvalue weighted by Gasteiger charge is -1.94. The molecule has 82 valence electrons. The SMILES string of the molecule is Cl.NCC(N)=O.OCCNCCO. The Kier molecular flexibility index (Phi) is 24.9. The summed E-state index contributed by atoms with van der Waals surface area (Å²) in [4.78, 5) is 9.47. The minimum Gasteiger partial charge on any atom is -0.395 e. The number of nitrogens with one attached hydrogen (secondary N) is 1. The van der Waals surface area contributed by atoms with Crippen LogP contribution in [0.5, 0.6) is 0 Å². The van der Waals surface area contributed by atoms with Gasteiger partial charge in [-0.3, -0.25) is 4.79 Å². The van der Waals surface area contributed by atoms with E-state index in [1.807, 2.05) is 0 Å². The summed E-state index contributed by atoms with van der Waals surface area (Å²) in [7, 11) is 0. The van der Waals surface area contributed by atoms with E-state index in [2.05, 4.69) is 11.1 Å². The molecule has 0 aliphatic rings. The first-order chi connectivity index (χ1) is 5.68. The van der Waals surface area contributed by atoms with Gasteiger partial charge in [-0.1, -0.05) is 0 Å². The zero-order chi connectivity index (χ0) is 9.82. The highest BCUT2D eigenvalue weighted by molar-refractivity contribution is 5.85. The third-order valence-corrected chi connectivity index (χ3v) is 0.778. The molecule has 0 aromatic carbocycles. The Morgan fingerprint density at radius 2 is 1.54 bits per heavy atom. The van der Waals surface area contributed by atoms with Gasteiger partial charge >= 0.3 is 0 Å². The summed E-state index contributed by atoms with van der Waals surface area (Å²) in [5.41, 5.74) is 9.22. The maximum atomic E-state index is 9.47. The molecule has 0 bridgehead atoms. The third-order valence-electron chi connectivity index (χ3n) is 0.778. The van der Waals surface area contributed by atoms with Gasteiger partial charge in [0.2, 0.25) is 5.91 Å². The number of nitrogens with two attached hydrogens (primary N) is 2. The average molecular weight is 216 g/mol. The molecule has 0 rings (SSSR count). The van der Waals surface area contributed by atoms with Gasteiger partial charge in [0.25, 0.3) is 0 Å². The molecule has 0 heterocycles. The molecular formula is C6H18ClN3O3. The summed E-state index contributed by atoms with van der Waals surface area (Å²) < 4.78 is 0.